The van der Waals surface area contributed by atoms with Gasteiger partial charge in [0.1, 0.15) is 11.4 Å². The van der Waals surface area contributed by atoms with Crippen LogP contribution in [-0.4, -0.2) is 38.4 Å². The van der Waals surface area contributed by atoms with Gasteiger partial charge in [0.2, 0.25) is 0 Å². The van der Waals surface area contributed by atoms with Crippen LogP contribution in [0.2, 0.25) is 0 Å². The maximum atomic E-state index is 12.9. The number of nitrogens with two attached hydrogens (primary N) is 1. The number of ether oxygens (including phenoxy) is 2. The van der Waals surface area contributed by atoms with Gasteiger partial charge in [-0.2, -0.15) is 0 Å². The van der Waals surface area contributed by atoms with Crippen LogP contribution in [0.5, 0.6) is 0 Å². The second kappa shape index (κ2) is 5.54. The highest BCUT2D eigenvalue weighted by molar-refractivity contribution is 5.99. The Morgan fingerprint density at radius 3 is 3.00 bits per heavy atom. The van der Waals surface area contributed by atoms with E-state index in [1.165, 1.54) is 12.1 Å². The van der Waals surface area contributed by atoms with Crippen molar-refractivity contribution < 1.29 is 18.7 Å². The van der Waals surface area contributed by atoms with Gasteiger partial charge in [-0.15, -0.1) is 0 Å². The summed E-state index contributed by atoms with van der Waals surface area (Å²) in [5, 5.41) is 2.75. The number of nitrogen functional groups attached to an aromatic ring is 1. The Bertz CT molecular complexity index is 473. The summed E-state index contributed by atoms with van der Waals surface area (Å²) >= 11 is 0. The van der Waals surface area contributed by atoms with Gasteiger partial charge in [0.05, 0.1) is 12.2 Å². The van der Waals surface area contributed by atoms with Gasteiger partial charge in [-0.1, -0.05) is 0 Å². The predicted octanol–water partition coefficient (Wildman–Crippen LogP) is 0.943. The first kappa shape index (κ1) is 13.8. The molecule has 1 aliphatic rings. The first-order chi connectivity index (χ1) is 9.06. The van der Waals surface area contributed by atoms with Crippen LogP contribution in [0.25, 0.3) is 0 Å². The fraction of sp³-hybridized carbons (Fsp3) is 0.462. The Morgan fingerprint density at radius 2 is 2.42 bits per heavy atom. The summed E-state index contributed by atoms with van der Waals surface area (Å²) in [6.45, 7) is 1.39. The van der Waals surface area contributed by atoms with E-state index >= 15 is 0 Å². The molecule has 1 fully saturated rings. The fourth-order valence-corrected chi connectivity index (χ4v) is 2.04. The van der Waals surface area contributed by atoms with Gasteiger partial charge in [-0.05, 0) is 18.2 Å². The third kappa shape index (κ3) is 3.02. The van der Waals surface area contributed by atoms with Crippen LogP contribution >= 0.6 is 0 Å². The Hall–Kier alpha value is -1.66. The molecule has 1 atom stereocenters. The zero-order valence-corrected chi connectivity index (χ0v) is 10.7. The lowest BCUT2D eigenvalue weighted by Crippen LogP contribution is -2.45. The van der Waals surface area contributed by atoms with E-state index in [2.05, 4.69) is 5.32 Å². The van der Waals surface area contributed by atoms with Crippen molar-refractivity contribution in [2.75, 3.05) is 32.6 Å². The van der Waals surface area contributed by atoms with Gasteiger partial charge in [-0.3, -0.25) is 4.79 Å². The fourth-order valence-electron chi connectivity index (χ4n) is 2.04. The average Bonchev–Trinajstić information content (AvgIpc) is 2.85. The highest BCUT2D eigenvalue weighted by Crippen LogP contribution is 2.22. The second-order valence-electron chi connectivity index (χ2n) is 4.60. The largest absolute Gasteiger partial charge is 0.398 e. The highest BCUT2D eigenvalue weighted by atomic mass is 19.1. The summed E-state index contributed by atoms with van der Waals surface area (Å²) in [7, 11) is 1.59. The number of halogens is 1. The lowest BCUT2D eigenvalue weighted by atomic mass is 10.0. The van der Waals surface area contributed by atoms with Gasteiger partial charge in [0.15, 0.2) is 0 Å². The summed E-state index contributed by atoms with van der Waals surface area (Å²) in [4.78, 5) is 12.0. The molecule has 0 bridgehead atoms. The molecule has 1 amide bonds. The number of carbonyl (C=O) groups is 1. The number of hydrogen-bond donors (Lipinski definition) is 2. The topological polar surface area (TPSA) is 73.6 Å². The molecule has 1 aromatic rings. The summed E-state index contributed by atoms with van der Waals surface area (Å²) in [5.41, 5.74) is 5.51. The van der Waals surface area contributed by atoms with Crippen LogP contribution in [0.3, 0.4) is 0 Å². The summed E-state index contributed by atoms with van der Waals surface area (Å²) in [6.07, 6.45) is 0.725. The molecule has 6 heteroatoms. The average molecular weight is 268 g/mol. The van der Waals surface area contributed by atoms with Gasteiger partial charge in [-0.25, -0.2) is 4.39 Å². The number of nitrogens with one attached hydrogen (secondary N) is 1. The summed E-state index contributed by atoms with van der Waals surface area (Å²) < 4.78 is 23.6. The molecule has 3 N–H and O–H groups in total. The Morgan fingerprint density at radius 1 is 1.63 bits per heavy atom. The van der Waals surface area contributed by atoms with Gasteiger partial charge in [0, 0.05) is 32.4 Å². The maximum Gasteiger partial charge on any atom is 0.253 e. The first-order valence-electron chi connectivity index (χ1n) is 6.02. The highest BCUT2D eigenvalue weighted by Gasteiger charge is 2.35. The van der Waals surface area contributed by atoms with Gasteiger partial charge >= 0.3 is 0 Å². The first-order valence-corrected chi connectivity index (χ1v) is 6.02. The van der Waals surface area contributed by atoms with Crippen LogP contribution in [0.4, 0.5) is 10.1 Å². The van der Waals surface area contributed by atoms with E-state index in [1.54, 1.807) is 7.11 Å². The Kier molecular flexibility index (Phi) is 4.01. The lowest BCUT2D eigenvalue weighted by molar-refractivity contribution is -0.0148. The Balaban J connectivity index is 2.01. The number of carbonyl (C=O) groups excluding carboxylic acids is 1. The number of hydrogen-bond acceptors (Lipinski definition) is 4. The van der Waals surface area contributed by atoms with Gasteiger partial charge < -0.3 is 20.5 Å². The van der Waals surface area contributed by atoms with Crippen LogP contribution in [0, 0.1) is 5.82 Å². The number of rotatable bonds is 4. The monoisotopic (exact) mass is 268 g/mol. The molecular weight excluding hydrogens is 251 g/mol. The van der Waals surface area contributed by atoms with Crippen molar-refractivity contribution in [3.05, 3.63) is 29.6 Å². The normalized spacial score (nSPS) is 22.4. The van der Waals surface area contributed by atoms with Crippen molar-refractivity contribution >= 4 is 11.6 Å². The summed E-state index contributed by atoms with van der Waals surface area (Å²) in [6, 6.07) is 3.69. The van der Waals surface area contributed by atoms with E-state index in [4.69, 9.17) is 15.2 Å². The zero-order valence-electron chi connectivity index (χ0n) is 10.7. The van der Waals surface area contributed by atoms with E-state index in [0.29, 0.717) is 19.8 Å². The van der Waals surface area contributed by atoms with Crippen LogP contribution in [0.15, 0.2) is 18.2 Å². The number of anilines is 1. The van der Waals surface area contributed by atoms with Crippen molar-refractivity contribution in [1.29, 1.82) is 0 Å². The van der Waals surface area contributed by atoms with E-state index in [-0.39, 0.29) is 17.2 Å². The molecular formula is C13H17FN2O3. The second-order valence-corrected chi connectivity index (χ2v) is 4.60. The molecule has 0 spiro atoms. The number of methoxy groups -OCH3 is 1. The third-order valence-electron chi connectivity index (χ3n) is 3.33. The minimum absolute atomic E-state index is 0.117. The van der Waals surface area contributed by atoms with Crippen molar-refractivity contribution in [3.8, 4) is 0 Å². The molecule has 19 heavy (non-hydrogen) atoms. The minimum Gasteiger partial charge on any atom is -0.398 e. The molecule has 0 aliphatic carbocycles. The zero-order chi connectivity index (χ0) is 13.9. The molecule has 104 valence electrons. The van der Waals surface area contributed by atoms with E-state index in [1.807, 2.05) is 0 Å². The Labute approximate surface area is 110 Å². The predicted molar refractivity (Wildman–Crippen MR) is 68.3 cm³/mol. The van der Waals surface area contributed by atoms with Crippen molar-refractivity contribution in [2.45, 2.75) is 12.0 Å². The molecule has 5 nitrogen and oxygen atoms in total. The van der Waals surface area contributed by atoms with Gasteiger partial charge in [0.25, 0.3) is 5.91 Å². The molecule has 1 unspecified atom stereocenters. The molecule has 0 aromatic heterocycles. The van der Waals surface area contributed by atoms with E-state index in [0.717, 1.165) is 12.5 Å². The van der Waals surface area contributed by atoms with E-state index < -0.39 is 11.4 Å². The SMILES string of the molecule is COC1(CNC(=O)c2ccc(F)cc2N)CCOC1. The number of amides is 1. The van der Waals surface area contributed by atoms with Crippen LogP contribution in [0.1, 0.15) is 16.8 Å². The lowest BCUT2D eigenvalue weighted by Gasteiger charge is -2.25. The third-order valence-corrected chi connectivity index (χ3v) is 3.33. The smallest absolute Gasteiger partial charge is 0.253 e. The molecule has 0 saturated carbocycles. The van der Waals surface area contributed by atoms with Crippen LogP contribution in [-0.2, 0) is 9.47 Å². The molecule has 1 heterocycles. The molecule has 1 aliphatic heterocycles. The summed E-state index contributed by atoms with van der Waals surface area (Å²) in [5.74, 6) is -0.813. The van der Waals surface area contributed by atoms with Crippen molar-refractivity contribution in [3.63, 3.8) is 0 Å². The quantitative estimate of drug-likeness (QED) is 0.797. The molecule has 0 radical (unpaired) electrons. The maximum absolute atomic E-state index is 12.9. The standard InChI is InChI=1S/C13H17FN2O3/c1-18-13(4-5-19-8-13)7-16-12(17)10-3-2-9(14)6-11(10)15/h2-3,6H,4-5,7-8,15H2,1H3,(H,16,17). The van der Waals surface area contributed by atoms with E-state index in [9.17, 15) is 9.18 Å². The minimum atomic E-state index is -0.482. The molecule has 1 saturated heterocycles. The molecule has 1 aromatic carbocycles. The number of benzene rings is 1. The van der Waals surface area contributed by atoms with Crippen LogP contribution < -0.4 is 11.1 Å². The van der Waals surface area contributed by atoms with Crippen molar-refractivity contribution in [1.82, 2.24) is 5.32 Å². The van der Waals surface area contributed by atoms with Crippen molar-refractivity contribution in [2.24, 2.45) is 0 Å². The molecule has 2 rings (SSSR count).